The maximum atomic E-state index is 12.8. The number of nitrogens with one attached hydrogen (secondary N) is 2. The molecule has 1 aliphatic rings. The lowest BCUT2D eigenvalue weighted by atomic mass is 10.1. The number of hydroxylamine groups is 1. The smallest absolute Gasteiger partial charge is 0.408 e. The van der Waals surface area contributed by atoms with Crippen molar-refractivity contribution in [3.05, 3.63) is 23.8 Å². The maximum Gasteiger partial charge on any atom is 0.408 e. The molecule has 1 atom stereocenters. The zero-order chi connectivity index (χ0) is 22.7. The van der Waals surface area contributed by atoms with Crippen LogP contribution >= 0.6 is 0 Å². The van der Waals surface area contributed by atoms with Gasteiger partial charge in [-0.1, -0.05) is 0 Å². The number of hydrogen-bond acceptors (Lipinski definition) is 7. The van der Waals surface area contributed by atoms with Gasteiger partial charge in [0, 0.05) is 18.2 Å². The maximum absolute atomic E-state index is 12.8. The average Bonchev–Trinajstić information content (AvgIpc) is 2.71. The van der Waals surface area contributed by atoms with Gasteiger partial charge in [-0.3, -0.25) is 14.4 Å². The van der Waals surface area contributed by atoms with Gasteiger partial charge < -0.3 is 24.8 Å². The summed E-state index contributed by atoms with van der Waals surface area (Å²) in [6, 6.07) is 4.52. The Bertz CT molecular complexity index is 812. The van der Waals surface area contributed by atoms with Crippen molar-refractivity contribution in [3.8, 4) is 5.75 Å². The van der Waals surface area contributed by atoms with E-state index in [9.17, 15) is 19.5 Å². The summed E-state index contributed by atoms with van der Waals surface area (Å²) in [5, 5.41) is 12.3. The number of rotatable bonds is 5. The molecule has 166 valence electrons. The number of carbonyl (C=O) groups is 3. The lowest BCUT2D eigenvalue weighted by Gasteiger charge is -2.23. The van der Waals surface area contributed by atoms with E-state index in [4.69, 9.17) is 14.3 Å². The summed E-state index contributed by atoms with van der Waals surface area (Å²) in [7, 11) is 1.50. The summed E-state index contributed by atoms with van der Waals surface area (Å²) in [4.78, 5) is 43.4. The molecule has 3 amide bonds. The van der Waals surface area contributed by atoms with E-state index < -0.39 is 35.2 Å². The van der Waals surface area contributed by atoms with E-state index in [1.807, 2.05) is 0 Å². The van der Waals surface area contributed by atoms with Crippen molar-refractivity contribution in [1.82, 2.24) is 10.8 Å². The molecule has 0 fully saturated rings. The summed E-state index contributed by atoms with van der Waals surface area (Å²) in [6.45, 7) is 8.20. The molecule has 0 aliphatic carbocycles. The van der Waals surface area contributed by atoms with Gasteiger partial charge in [0.05, 0.1) is 11.3 Å². The highest BCUT2D eigenvalue weighted by molar-refractivity contribution is 6.01. The second-order valence-corrected chi connectivity index (χ2v) is 8.69. The predicted octanol–water partition coefficient (Wildman–Crippen LogP) is 1.37. The number of nitrogens with zero attached hydrogens (tertiary/aromatic N) is 1. The predicted molar refractivity (Wildman–Crippen MR) is 108 cm³/mol. The molecule has 0 saturated heterocycles. The molecule has 0 unspecified atom stereocenters. The molecule has 30 heavy (non-hydrogen) atoms. The van der Waals surface area contributed by atoms with E-state index in [1.54, 1.807) is 40.7 Å². The standard InChI is InChI=1S/C20H29N3O7/c1-19(2,3)21-18(26)30-15-10-28-14-8-7-12(9-13(14)23(6)17(15)25)16(24)22-29-11-20(4,5)27/h7-9,15,27H,10-11H2,1-6H3,(H,21,26)(H,22,24)/t15-/m0/s1. The van der Waals surface area contributed by atoms with Gasteiger partial charge in [0.2, 0.25) is 6.10 Å². The zero-order valence-corrected chi connectivity index (χ0v) is 18.1. The van der Waals surface area contributed by atoms with Crippen LogP contribution in [0.5, 0.6) is 5.75 Å². The lowest BCUT2D eigenvalue weighted by molar-refractivity contribution is -0.127. The van der Waals surface area contributed by atoms with Gasteiger partial charge in [0.15, 0.2) is 0 Å². The molecule has 10 heteroatoms. The van der Waals surface area contributed by atoms with Crippen LogP contribution in [0, 0.1) is 0 Å². The minimum atomic E-state index is -1.14. The number of anilines is 1. The fourth-order valence-corrected chi connectivity index (χ4v) is 2.50. The molecule has 0 saturated carbocycles. The van der Waals surface area contributed by atoms with E-state index in [-0.39, 0.29) is 18.8 Å². The molecule has 0 radical (unpaired) electrons. The van der Waals surface area contributed by atoms with E-state index in [0.29, 0.717) is 11.4 Å². The van der Waals surface area contributed by atoms with Crippen molar-refractivity contribution in [1.29, 1.82) is 0 Å². The Kier molecular flexibility index (Phi) is 6.94. The fraction of sp³-hybridized carbons (Fsp3) is 0.550. The molecule has 10 nitrogen and oxygen atoms in total. The summed E-state index contributed by atoms with van der Waals surface area (Å²) < 4.78 is 10.9. The molecule has 3 N–H and O–H groups in total. The van der Waals surface area contributed by atoms with E-state index in [2.05, 4.69) is 10.8 Å². The Balaban J connectivity index is 2.11. The van der Waals surface area contributed by atoms with E-state index in [1.165, 1.54) is 24.1 Å². The second-order valence-electron chi connectivity index (χ2n) is 8.69. The van der Waals surface area contributed by atoms with Crippen LogP contribution in [0.3, 0.4) is 0 Å². The van der Waals surface area contributed by atoms with Crippen LogP contribution in [0.1, 0.15) is 45.0 Å². The van der Waals surface area contributed by atoms with Crippen molar-refractivity contribution in [3.63, 3.8) is 0 Å². The number of hydrogen-bond donors (Lipinski definition) is 3. The average molecular weight is 423 g/mol. The van der Waals surface area contributed by atoms with Gasteiger partial charge in [-0.05, 0) is 52.8 Å². The molecule has 1 aliphatic heterocycles. The first kappa shape index (κ1) is 23.4. The van der Waals surface area contributed by atoms with Gasteiger partial charge in [-0.2, -0.15) is 0 Å². The molecule has 1 aromatic rings. The molecule has 1 aromatic carbocycles. The van der Waals surface area contributed by atoms with Crippen molar-refractivity contribution in [2.75, 3.05) is 25.2 Å². The van der Waals surface area contributed by atoms with Crippen LogP contribution in [-0.2, 0) is 14.4 Å². The Labute approximate surface area is 175 Å². The number of aliphatic hydroxyl groups is 1. The Morgan fingerprint density at radius 2 is 1.93 bits per heavy atom. The van der Waals surface area contributed by atoms with Crippen LogP contribution in [0.4, 0.5) is 10.5 Å². The Morgan fingerprint density at radius 3 is 2.53 bits per heavy atom. The topological polar surface area (TPSA) is 126 Å². The van der Waals surface area contributed by atoms with Gasteiger partial charge in [-0.15, -0.1) is 0 Å². The monoisotopic (exact) mass is 423 g/mol. The molecule has 2 rings (SSSR count). The summed E-state index contributed by atoms with van der Waals surface area (Å²) in [6.07, 6.45) is -1.87. The Morgan fingerprint density at radius 1 is 1.27 bits per heavy atom. The number of ether oxygens (including phenoxy) is 2. The SMILES string of the molecule is CN1C(=O)[C@@H](OC(=O)NC(C)(C)C)COc2ccc(C(=O)NOCC(C)(C)O)cc21. The van der Waals surface area contributed by atoms with Crippen LogP contribution in [-0.4, -0.2) is 60.5 Å². The third kappa shape index (κ3) is 6.60. The summed E-state index contributed by atoms with van der Waals surface area (Å²) in [5.41, 5.74) is 1.19. The first-order valence-corrected chi connectivity index (χ1v) is 9.44. The first-order valence-electron chi connectivity index (χ1n) is 9.44. The number of amides is 3. The minimum Gasteiger partial charge on any atom is -0.487 e. The second kappa shape index (κ2) is 8.88. The normalized spacial score (nSPS) is 16.8. The summed E-state index contributed by atoms with van der Waals surface area (Å²) >= 11 is 0. The number of likely N-dealkylation sites (N-methyl/N-ethyl adjacent to an activating group) is 1. The van der Waals surface area contributed by atoms with Crippen LogP contribution in [0.25, 0.3) is 0 Å². The van der Waals surface area contributed by atoms with Gasteiger partial charge in [-0.25, -0.2) is 10.3 Å². The zero-order valence-electron chi connectivity index (χ0n) is 18.1. The van der Waals surface area contributed by atoms with E-state index >= 15 is 0 Å². The summed E-state index contributed by atoms with van der Waals surface area (Å²) in [5.74, 6) is -0.680. The van der Waals surface area contributed by atoms with Gasteiger partial charge >= 0.3 is 6.09 Å². The number of alkyl carbamates (subject to hydrolysis) is 1. The molecule has 0 bridgehead atoms. The third-order valence-corrected chi connectivity index (χ3v) is 3.90. The molecule has 0 aromatic heterocycles. The van der Waals surface area contributed by atoms with Crippen LogP contribution in [0.15, 0.2) is 18.2 Å². The number of fused-ring (bicyclic) bond motifs is 1. The number of benzene rings is 1. The fourth-order valence-electron chi connectivity index (χ4n) is 2.50. The number of carbonyl (C=O) groups excluding carboxylic acids is 3. The highest BCUT2D eigenvalue weighted by Gasteiger charge is 2.33. The molecule has 1 heterocycles. The molecular weight excluding hydrogens is 394 g/mol. The van der Waals surface area contributed by atoms with Crippen molar-refractivity contribution in [2.45, 2.75) is 51.9 Å². The van der Waals surface area contributed by atoms with Crippen molar-refractivity contribution in [2.24, 2.45) is 0 Å². The minimum absolute atomic E-state index is 0.0964. The molecular formula is C20H29N3O7. The highest BCUT2D eigenvalue weighted by atomic mass is 16.7. The van der Waals surface area contributed by atoms with Gasteiger partial charge in [0.1, 0.15) is 19.0 Å². The van der Waals surface area contributed by atoms with Crippen molar-refractivity contribution >= 4 is 23.6 Å². The quantitative estimate of drug-likeness (QED) is 0.611. The first-order chi connectivity index (χ1) is 13.8. The van der Waals surface area contributed by atoms with Crippen LogP contribution < -0.4 is 20.4 Å². The lowest BCUT2D eigenvalue weighted by Crippen LogP contribution is -2.46. The largest absolute Gasteiger partial charge is 0.487 e. The highest BCUT2D eigenvalue weighted by Crippen LogP contribution is 2.32. The Hall–Kier alpha value is -2.85. The van der Waals surface area contributed by atoms with Gasteiger partial charge in [0.25, 0.3) is 11.8 Å². The third-order valence-electron chi connectivity index (χ3n) is 3.90. The van der Waals surface area contributed by atoms with Crippen molar-refractivity contribution < 1.29 is 33.8 Å². The molecule has 0 spiro atoms. The van der Waals surface area contributed by atoms with Crippen LogP contribution in [0.2, 0.25) is 0 Å². The van der Waals surface area contributed by atoms with E-state index in [0.717, 1.165) is 0 Å².